The number of amides is 1. The fourth-order valence-electron chi connectivity index (χ4n) is 3.20. The highest BCUT2D eigenvalue weighted by atomic mass is 35.5. The number of hydrogen-bond donors (Lipinski definition) is 1. The first-order valence-electron chi connectivity index (χ1n) is 9.78. The minimum absolute atomic E-state index is 0.0265. The van der Waals surface area contributed by atoms with Crippen molar-refractivity contribution < 1.29 is 17.6 Å². The quantitative estimate of drug-likeness (QED) is 0.310. The molecule has 9 heteroatoms. The van der Waals surface area contributed by atoms with E-state index in [-0.39, 0.29) is 15.7 Å². The molecule has 1 amide bonds. The third kappa shape index (κ3) is 4.28. The SMILES string of the molecule is O=C(Nc1ccc(-c2nc3ccccc3s2)cc1)c1ccc(S(=O)(=O)c2ccc(Cl)cc2)o1. The van der Waals surface area contributed by atoms with Crippen LogP contribution in [0.2, 0.25) is 5.02 Å². The number of benzene rings is 3. The molecule has 0 bridgehead atoms. The van der Waals surface area contributed by atoms with Gasteiger partial charge in [-0.15, -0.1) is 11.3 Å². The van der Waals surface area contributed by atoms with Crippen molar-refractivity contribution in [3.05, 3.63) is 95.7 Å². The normalized spacial score (nSPS) is 11.5. The first-order valence-corrected chi connectivity index (χ1v) is 12.5. The van der Waals surface area contributed by atoms with E-state index in [0.717, 1.165) is 20.8 Å². The number of sulfone groups is 1. The Bertz CT molecular complexity index is 1540. The molecule has 0 spiro atoms. The molecule has 2 heterocycles. The van der Waals surface area contributed by atoms with Gasteiger partial charge in [0.15, 0.2) is 5.76 Å². The van der Waals surface area contributed by atoms with Crippen molar-refractivity contribution in [3.8, 4) is 10.6 Å². The number of nitrogens with zero attached hydrogens (tertiary/aromatic N) is 1. The van der Waals surface area contributed by atoms with Crippen molar-refractivity contribution in [2.75, 3.05) is 5.32 Å². The maximum absolute atomic E-state index is 12.7. The van der Waals surface area contributed by atoms with Crippen molar-refractivity contribution in [2.24, 2.45) is 0 Å². The molecule has 164 valence electrons. The Morgan fingerprint density at radius 3 is 2.36 bits per heavy atom. The molecule has 0 radical (unpaired) electrons. The number of carbonyl (C=O) groups excluding carboxylic acids is 1. The summed E-state index contributed by atoms with van der Waals surface area (Å²) < 4.78 is 31.9. The lowest BCUT2D eigenvalue weighted by Gasteiger charge is -2.04. The lowest BCUT2D eigenvalue weighted by atomic mass is 10.2. The molecule has 0 saturated carbocycles. The highest BCUT2D eigenvalue weighted by Gasteiger charge is 2.23. The van der Waals surface area contributed by atoms with Crippen molar-refractivity contribution in [3.63, 3.8) is 0 Å². The third-order valence-electron chi connectivity index (χ3n) is 4.88. The van der Waals surface area contributed by atoms with E-state index in [0.29, 0.717) is 10.7 Å². The molecule has 0 aliphatic heterocycles. The highest BCUT2D eigenvalue weighted by molar-refractivity contribution is 7.91. The number of anilines is 1. The van der Waals surface area contributed by atoms with Gasteiger partial charge in [-0.05, 0) is 72.8 Å². The van der Waals surface area contributed by atoms with Crippen LogP contribution in [-0.4, -0.2) is 19.3 Å². The van der Waals surface area contributed by atoms with Crippen molar-refractivity contribution >= 4 is 54.6 Å². The van der Waals surface area contributed by atoms with Gasteiger partial charge in [-0.3, -0.25) is 4.79 Å². The Morgan fingerprint density at radius 1 is 0.909 bits per heavy atom. The van der Waals surface area contributed by atoms with Crippen LogP contribution in [0.3, 0.4) is 0 Å². The maximum Gasteiger partial charge on any atom is 0.291 e. The second kappa shape index (κ2) is 8.47. The van der Waals surface area contributed by atoms with E-state index >= 15 is 0 Å². The average molecular weight is 495 g/mol. The predicted octanol–water partition coefficient (Wildman–Crippen LogP) is 6.29. The standard InChI is InChI=1S/C24H15ClN2O4S2/c25-16-7-11-18(12-8-16)33(29,30)22-14-13-20(31-22)23(28)26-17-9-5-15(6-10-17)24-27-19-3-1-2-4-21(19)32-24/h1-14H,(H,26,28). The first kappa shape index (κ1) is 21.4. The van der Waals surface area contributed by atoms with Crippen molar-refractivity contribution in [1.82, 2.24) is 4.98 Å². The molecule has 5 aromatic rings. The van der Waals surface area contributed by atoms with Crippen LogP contribution < -0.4 is 5.32 Å². The largest absolute Gasteiger partial charge is 0.439 e. The number of nitrogens with one attached hydrogen (secondary N) is 1. The number of rotatable bonds is 5. The number of para-hydroxylation sites is 1. The molecule has 0 aliphatic carbocycles. The molecule has 3 aromatic carbocycles. The molecule has 0 fully saturated rings. The number of carbonyl (C=O) groups is 1. The Balaban J connectivity index is 1.32. The van der Waals surface area contributed by atoms with E-state index < -0.39 is 15.7 Å². The van der Waals surface area contributed by atoms with Gasteiger partial charge in [0.2, 0.25) is 14.9 Å². The van der Waals surface area contributed by atoms with Gasteiger partial charge in [0, 0.05) is 16.3 Å². The van der Waals surface area contributed by atoms with E-state index in [1.807, 2.05) is 36.4 Å². The minimum atomic E-state index is -3.90. The summed E-state index contributed by atoms with van der Waals surface area (Å²) in [7, 11) is -3.90. The van der Waals surface area contributed by atoms with Crippen LogP contribution in [-0.2, 0) is 9.84 Å². The topological polar surface area (TPSA) is 89.3 Å². The smallest absolute Gasteiger partial charge is 0.291 e. The van der Waals surface area contributed by atoms with Gasteiger partial charge in [-0.1, -0.05) is 23.7 Å². The molecule has 0 unspecified atom stereocenters. The van der Waals surface area contributed by atoms with Gasteiger partial charge >= 0.3 is 0 Å². The van der Waals surface area contributed by atoms with E-state index in [2.05, 4.69) is 10.3 Å². The second-order valence-electron chi connectivity index (χ2n) is 7.09. The summed E-state index contributed by atoms with van der Waals surface area (Å²) in [4.78, 5) is 17.2. The predicted molar refractivity (Wildman–Crippen MR) is 129 cm³/mol. The van der Waals surface area contributed by atoms with E-state index in [4.69, 9.17) is 16.0 Å². The lowest BCUT2D eigenvalue weighted by Crippen LogP contribution is -2.10. The fraction of sp³-hybridized carbons (Fsp3) is 0. The molecule has 2 aromatic heterocycles. The molecule has 0 atom stereocenters. The van der Waals surface area contributed by atoms with Crippen LogP contribution in [0.25, 0.3) is 20.8 Å². The average Bonchev–Trinajstić information content (AvgIpc) is 3.48. The van der Waals surface area contributed by atoms with Gasteiger partial charge in [0.25, 0.3) is 5.91 Å². The summed E-state index contributed by atoms with van der Waals surface area (Å²) in [5, 5.41) is 3.70. The molecule has 5 rings (SSSR count). The molecular weight excluding hydrogens is 480 g/mol. The number of thiazole rings is 1. The zero-order chi connectivity index (χ0) is 23.0. The molecule has 33 heavy (non-hydrogen) atoms. The summed E-state index contributed by atoms with van der Waals surface area (Å²) in [6, 6.07) is 23.5. The fourth-order valence-corrected chi connectivity index (χ4v) is 5.47. The number of halogens is 1. The van der Waals surface area contributed by atoms with Crippen LogP contribution in [0, 0.1) is 0 Å². The van der Waals surface area contributed by atoms with Crippen LogP contribution >= 0.6 is 22.9 Å². The van der Waals surface area contributed by atoms with Gasteiger partial charge < -0.3 is 9.73 Å². The van der Waals surface area contributed by atoms with Crippen LogP contribution in [0.5, 0.6) is 0 Å². The van der Waals surface area contributed by atoms with Gasteiger partial charge in [0.05, 0.1) is 15.1 Å². The zero-order valence-electron chi connectivity index (χ0n) is 16.9. The van der Waals surface area contributed by atoms with E-state index in [1.54, 1.807) is 23.5 Å². The minimum Gasteiger partial charge on any atom is -0.439 e. The third-order valence-corrected chi connectivity index (χ3v) is 7.86. The number of aromatic nitrogens is 1. The van der Waals surface area contributed by atoms with Crippen LogP contribution in [0.4, 0.5) is 5.69 Å². The number of furan rings is 1. The monoisotopic (exact) mass is 494 g/mol. The van der Waals surface area contributed by atoms with Gasteiger partial charge in [-0.2, -0.15) is 0 Å². The van der Waals surface area contributed by atoms with Gasteiger partial charge in [0.1, 0.15) is 5.01 Å². The lowest BCUT2D eigenvalue weighted by molar-refractivity contribution is 0.0991. The molecule has 1 N–H and O–H groups in total. The summed E-state index contributed by atoms with van der Waals surface area (Å²) in [5.41, 5.74) is 2.42. The summed E-state index contributed by atoms with van der Waals surface area (Å²) in [5.74, 6) is -0.668. The zero-order valence-corrected chi connectivity index (χ0v) is 19.2. The summed E-state index contributed by atoms with van der Waals surface area (Å²) >= 11 is 7.41. The molecule has 0 aliphatic rings. The van der Waals surface area contributed by atoms with Crippen molar-refractivity contribution in [2.45, 2.75) is 9.99 Å². The van der Waals surface area contributed by atoms with E-state index in [1.165, 1.54) is 36.4 Å². The highest BCUT2D eigenvalue weighted by Crippen LogP contribution is 2.31. The number of fused-ring (bicyclic) bond motifs is 1. The molecular formula is C24H15ClN2O4S2. The van der Waals surface area contributed by atoms with Crippen molar-refractivity contribution in [1.29, 1.82) is 0 Å². The summed E-state index contributed by atoms with van der Waals surface area (Å²) in [6.07, 6.45) is 0. The van der Waals surface area contributed by atoms with E-state index in [9.17, 15) is 13.2 Å². The molecule has 6 nitrogen and oxygen atoms in total. The second-order valence-corrected chi connectivity index (χ2v) is 10.4. The molecule has 0 saturated heterocycles. The van der Waals surface area contributed by atoms with Crippen LogP contribution in [0.15, 0.2) is 99.3 Å². The Labute approximate surface area is 198 Å². The Morgan fingerprint density at radius 2 is 1.64 bits per heavy atom. The maximum atomic E-state index is 12.7. The Kier molecular flexibility index (Phi) is 5.49. The summed E-state index contributed by atoms with van der Waals surface area (Å²) in [6.45, 7) is 0. The number of hydrogen-bond acceptors (Lipinski definition) is 6. The first-order chi connectivity index (χ1) is 15.9. The van der Waals surface area contributed by atoms with Crippen LogP contribution in [0.1, 0.15) is 10.6 Å². The van der Waals surface area contributed by atoms with Gasteiger partial charge in [-0.25, -0.2) is 13.4 Å². The Hall–Kier alpha value is -3.46.